The minimum Gasteiger partial charge on any atom is -0.462 e. The zero-order valence-electron chi connectivity index (χ0n) is 7.24. The third kappa shape index (κ3) is 3.23. The van der Waals surface area contributed by atoms with Crippen LogP contribution in [0.5, 0.6) is 0 Å². The van der Waals surface area contributed by atoms with Gasteiger partial charge in [0.2, 0.25) is 0 Å². The molecule has 0 aromatic heterocycles. The van der Waals surface area contributed by atoms with Crippen molar-refractivity contribution in [2.75, 3.05) is 6.61 Å². The number of ketones is 1. The van der Waals surface area contributed by atoms with Crippen molar-refractivity contribution < 1.29 is 23.9 Å². The average Bonchev–Trinajstić information content (AvgIpc) is 1.99. The van der Waals surface area contributed by atoms with E-state index in [0.717, 1.165) is 0 Å². The molecule has 0 saturated carbocycles. The van der Waals surface area contributed by atoms with Gasteiger partial charge in [0, 0.05) is 13.3 Å². The topological polar surface area (TPSA) is 69.7 Å². The number of esters is 2. The van der Waals surface area contributed by atoms with Crippen molar-refractivity contribution in [3.05, 3.63) is 0 Å². The molecule has 1 saturated heterocycles. The molecule has 0 unspecified atom stereocenters. The standard InChI is InChI=1S/C8H10O5/c1-5(9)12-4-7-2-6(10)3-8(11)13-7/h7H,2-4H2,1H3/t7-/m1/s1. The first-order chi connectivity index (χ1) is 6.08. The number of ether oxygens (including phenoxy) is 2. The van der Waals surface area contributed by atoms with Gasteiger partial charge < -0.3 is 9.47 Å². The summed E-state index contributed by atoms with van der Waals surface area (Å²) in [6.45, 7) is 1.22. The Bertz CT molecular complexity index is 229. The highest BCUT2D eigenvalue weighted by Crippen LogP contribution is 2.11. The van der Waals surface area contributed by atoms with E-state index in [9.17, 15) is 14.4 Å². The number of hydrogen-bond acceptors (Lipinski definition) is 5. The fourth-order valence-corrected chi connectivity index (χ4v) is 1.06. The molecule has 0 aromatic carbocycles. The average molecular weight is 186 g/mol. The maximum Gasteiger partial charge on any atom is 0.313 e. The molecule has 72 valence electrons. The van der Waals surface area contributed by atoms with Gasteiger partial charge in [-0.3, -0.25) is 14.4 Å². The maximum atomic E-state index is 10.9. The van der Waals surface area contributed by atoms with Crippen LogP contribution >= 0.6 is 0 Å². The van der Waals surface area contributed by atoms with E-state index in [4.69, 9.17) is 4.74 Å². The van der Waals surface area contributed by atoms with Gasteiger partial charge in [-0.1, -0.05) is 0 Å². The van der Waals surface area contributed by atoms with Crippen molar-refractivity contribution in [1.82, 2.24) is 0 Å². The van der Waals surface area contributed by atoms with Crippen molar-refractivity contribution in [2.45, 2.75) is 25.9 Å². The van der Waals surface area contributed by atoms with Crippen LogP contribution in [-0.4, -0.2) is 30.4 Å². The minimum absolute atomic E-state index is 0.0349. The van der Waals surface area contributed by atoms with Crippen LogP contribution in [0.25, 0.3) is 0 Å². The SMILES string of the molecule is CC(=O)OC[C@H]1CC(=O)CC(=O)O1. The minimum atomic E-state index is -0.599. The summed E-state index contributed by atoms with van der Waals surface area (Å²) in [6, 6.07) is 0. The van der Waals surface area contributed by atoms with Crippen molar-refractivity contribution in [1.29, 1.82) is 0 Å². The summed E-state index contributed by atoms with van der Waals surface area (Å²) in [6.07, 6.45) is -0.632. The Balaban J connectivity index is 2.37. The number of carbonyl (C=O) groups is 3. The molecule has 0 amide bonds. The van der Waals surface area contributed by atoms with Gasteiger partial charge in [0.1, 0.15) is 24.9 Å². The second-order valence-electron chi connectivity index (χ2n) is 2.83. The fraction of sp³-hybridized carbons (Fsp3) is 0.625. The molecule has 13 heavy (non-hydrogen) atoms. The summed E-state index contributed by atoms with van der Waals surface area (Å²) >= 11 is 0. The highest BCUT2D eigenvalue weighted by molar-refractivity contribution is 5.97. The number of carbonyl (C=O) groups excluding carboxylic acids is 3. The van der Waals surface area contributed by atoms with Crippen molar-refractivity contribution in [2.24, 2.45) is 0 Å². The van der Waals surface area contributed by atoms with E-state index < -0.39 is 18.0 Å². The zero-order chi connectivity index (χ0) is 9.84. The van der Waals surface area contributed by atoms with Gasteiger partial charge in [-0.2, -0.15) is 0 Å². The van der Waals surface area contributed by atoms with Crippen LogP contribution in [0.15, 0.2) is 0 Å². The summed E-state index contributed by atoms with van der Waals surface area (Å²) in [7, 11) is 0. The Kier molecular flexibility index (Phi) is 3.00. The van der Waals surface area contributed by atoms with Gasteiger partial charge >= 0.3 is 11.9 Å². The predicted octanol–water partition coefficient (Wildman–Crippen LogP) is -0.176. The van der Waals surface area contributed by atoms with E-state index in [0.29, 0.717) is 0 Å². The van der Waals surface area contributed by atoms with Gasteiger partial charge in [-0.25, -0.2) is 0 Å². The first-order valence-electron chi connectivity index (χ1n) is 3.92. The van der Waals surface area contributed by atoms with E-state index in [1.54, 1.807) is 0 Å². The van der Waals surface area contributed by atoms with Crippen LogP contribution in [0.3, 0.4) is 0 Å². The Hall–Kier alpha value is -1.39. The molecule has 0 aromatic rings. The predicted molar refractivity (Wildman–Crippen MR) is 40.8 cm³/mol. The maximum absolute atomic E-state index is 10.9. The monoisotopic (exact) mass is 186 g/mol. The number of rotatable bonds is 2. The van der Waals surface area contributed by atoms with Gasteiger partial charge in [0.15, 0.2) is 0 Å². The highest BCUT2D eigenvalue weighted by atomic mass is 16.6. The molecule has 5 nitrogen and oxygen atoms in total. The van der Waals surface area contributed by atoms with Crippen LogP contribution in [0.1, 0.15) is 19.8 Å². The molecule has 0 aliphatic carbocycles. The first-order valence-corrected chi connectivity index (χ1v) is 3.92. The lowest BCUT2D eigenvalue weighted by Crippen LogP contribution is -2.33. The molecule has 5 heteroatoms. The first kappa shape index (κ1) is 9.70. The van der Waals surface area contributed by atoms with Crippen molar-refractivity contribution >= 4 is 17.7 Å². The van der Waals surface area contributed by atoms with Crippen LogP contribution in [0.4, 0.5) is 0 Å². The largest absolute Gasteiger partial charge is 0.462 e. The van der Waals surface area contributed by atoms with E-state index in [2.05, 4.69) is 4.74 Å². The van der Waals surface area contributed by atoms with Crippen LogP contribution in [0.2, 0.25) is 0 Å². The molecule has 0 spiro atoms. The second kappa shape index (κ2) is 4.02. The molecule has 1 heterocycles. The number of cyclic esters (lactones) is 1. The normalized spacial score (nSPS) is 22.4. The van der Waals surface area contributed by atoms with Crippen molar-refractivity contribution in [3.8, 4) is 0 Å². The fourth-order valence-electron chi connectivity index (χ4n) is 1.06. The smallest absolute Gasteiger partial charge is 0.313 e. The number of Topliss-reactive ketones (excluding diaryl/α,β-unsaturated/α-hetero) is 1. The van der Waals surface area contributed by atoms with Gasteiger partial charge in [-0.05, 0) is 0 Å². The van der Waals surface area contributed by atoms with E-state index >= 15 is 0 Å². The van der Waals surface area contributed by atoms with Crippen LogP contribution in [0, 0.1) is 0 Å². The molecule has 0 bridgehead atoms. The quantitative estimate of drug-likeness (QED) is 0.442. The summed E-state index contributed by atoms with van der Waals surface area (Å²) in [4.78, 5) is 32.0. The zero-order valence-corrected chi connectivity index (χ0v) is 7.24. The molecular weight excluding hydrogens is 176 g/mol. The lowest BCUT2D eigenvalue weighted by atomic mass is 10.1. The summed E-state index contributed by atoms with van der Waals surface area (Å²) in [5, 5.41) is 0. The van der Waals surface area contributed by atoms with Gasteiger partial charge in [-0.15, -0.1) is 0 Å². The Labute approximate surface area is 75.0 Å². The molecule has 1 aliphatic heterocycles. The summed E-state index contributed by atoms with van der Waals surface area (Å²) < 4.78 is 9.38. The van der Waals surface area contributed by atoms with Crippen LogP contribution < -0.4 is 0 Å². The summed E-state index contributed by atoms with van der Waals surface area (Å²) in [5.74, 6) is -1.17. The van der Waals surface area contributed by atoms with E-state index in [1.165, 1.54) is 6.92 Å². The van der Waals surface area contributed by atoms with E-state index in [1.807, 2.05) is 0 Å². The van der Waals surface area contributed by atoms with Gasteiger partial charge in [0.25, 0.3) is 0 Å². The molecule has 1 fully saturated rings. The van der Waals surface area contributed by atoms with Gasteiger partial charge in [0.05, 0.1) is 0 Å². The number of hydrogen-bond donors (Lipinski definition) is 0. The highest BCUT2D eigenvalue weighted by Gasteiger charge is 2.27. The Morgan fingerprint density at radius 1 is 1.62 bits per heavy atom. The van der Waals surface area contributed by atoms with E-state index in [-0.39, 0.29) is 25.2 Å². The molecule has 0 N–H and O–H groups in total. The van der Waals surface area contributed by atoms with Crippen molar-refractivity contribution in [3.63, 3.8) is 0 Å². The molecular formula is C8H10O5. The summed E-state index contributed by atoms with van der Waals surface area (Å²) in [5.41, 5.74) is 0. The second-order valence-corrected chi connectivity index (χ2v) is 2.83. The lowest BCUT2D eigenvalue weighted by Gasteiger charge is -2.20. The lowest BCUT2D eigenvalue weighted by molar-refractivity contribution is -0.165. The van der Waals surface area contributed by atoms with Crippen LogP contribution in [-0.2, 0) is 23.9 Å². The Morgan fingerprint density at radius 2 is 2.31 bits per heavy atom. The molecule has 1 aliphatic rings. The molecule has 1 atom stereocenters. The third-order valence-electron chi connectivity index (χ3n) is 1.57. The third-order valence-corrected chi connectivity index (χ3v) is 1.57. The molecule has 1 rings (SSSR count). The Morgan fingerprint density at radius 3 is 2.85 bits per heavy atom. The molecule has 0 radical (unpaired) electrons.